The summed E-state index contributed by atoms with van der Waals surface area (Å²) < 4.78 is 2.02. The van der Waals surface area contributed by atoms with Gasteiger partial charge in [-0.15, -0.1) is 0 Å². The fourth-order valence-corrected chi connectivity index (χ4v) is 2.85. The van der Waals surface area contributed by atoms with E-state index in [1.165, 1.54) is 18.4 Å². The zero-order valence-electron chi connectivity index (χ0n) is 11.4. The SMILES string of the molecule is N#Cc1ccc(CN2CCC[C@@H]2Cn2cccn2)cc1. The van der Waals surface area contributed by atoms with Gasteiger partial charge in [-0.25, -0.2) is 0 Å². The normalized spacial score (nSPS) is 19.1. The lowest BCUT2D eigenvalue weighted by Gasteiger charge is -2.24. The number of hydrogen-bond donors (Lipinski definition) is 0. The van der Waals surface area contributed by atoms with Crippen LogP contribution in [-0.2, 0) is 13.1 Å². The van der Waals surface area contributed by atoms with Crippen molar-refractivity contribution >= 4 is 0 Å². The number of aromatic nitrogens is 2. The highest BCUT2D eigenvalue weighted by atomic mass is 15.3. The molecule has 1 aliphatic rings. The molecule has 1 saturated heterocycles. The second-order valence-electron chi connectivity index (χ2n) is 5.30. The van der Waals surface area contributed by atoms with Crippen molar-refractivity contribution in [1.29, 1.82) is 5.26 Å². The van der Waals surface area contributed by atoms with Gasteiger partial charge in [-0.3, -0.25) is 9.58 Å². The monoisotopic (exact) mass is 266 g/mol. The van der Waals surface area contributed by atoms with Gasteiger partial charge in [-0.05, 0) is 43.1 Å². The molecule has 1 fully saturated rings. The quantitative estimate of drug-likeness (QED) is 0.853. The molecular formula is C16H18N4. The van der Waals surface area contributed by atoms with Crippen LogP contribution < -0.4 is 0 Å². The highest BCUT2D eigenvalue weighted by Crippen LogP contribution is 2.21. The van der Waals surface area contributed by atoms with Gasteiger partial charge in [0.15, 0.2) is 0 Å². The minimum absolute atomic E-state index is 0.561. The van der Waals surface area contributed by atoms with E-state index in [2.05, 4.69) is 28.2 Å². The van der Waals surface area contributed by atoms with Crippen LogP contribution in [0.2, 0.25) is 0 Å². The van der Waals surface area contributed by atoms with Crippen molar-refractivity contribution in [3.8, 4) is 6.07 Å². The Morgan fingerprint density at radius 1 is 1.30 bits per heavy atom. The fourth-order valence-electron chi connectivity index (χ4n) is 2.85. The predicted molar refractivity (Wildman–Crippen MR) is 76.8 cm³/mol. The maximum absolute atomic E-state index is 8.83. The van der Waals surface area contributed by atoms with E-state index < -0.39 is 0 Å². The first-order valence-electron chi connectivity index (χ1n) is 7.05. The van der Waals surface area contributed by atoms with Gasteiger partial charge in [0.1, 0.15) is 0 Å². The molecule has 0 N–H and O–H groups in total. The molecule has 1 atom stereocenters. The summed E-state index contributed by atoms with van der Waals surface area (Å²) in [6.45, 7) is 3.06. The molecule has 0 unspecified atom stereocenters. The molecule has 4 heteroatoms. The van der Waals surface area contributed by atoms with E-state index in [0.29, 0.717) is 6.04 Å². The number of nitriles is 1. The Kier molecular flexibility index (Phi) is 3.80. The lowest BCUT2D eigenvalue weighted by molar-refractivity contribution is 0.219. The van der Waals surface area contributed by atoms with Gasteiger partial charge in [0, 0.05) is 25.0 Å². The second kappa shape index (κ2) is 5.89. The molecule has 20 heavy (non-hydrogen) atoms. The van der Waals surface area contributed by atoms with Crippen molar-refractivity contribution in [3.05, 3.63) is 53.9 Å². The Morgan fingerprint density at radius 2 is 2.15 bits per heavy atom. The standard InChI is InChI=1S/C16H18N4/c17-11-14-4-6-15(7-5-14)12-19-9-1-3-16(19)13-20-10-2-8-18-20/h2,4-8,10,16H,1,3,9,12-13H2/t16-/m1/s1. The summed E-state index contributed by atoms with van der Waals surface area (Å²) in [7, 11) is 0. The van der Waals surface area contributed by atoms with E-state index in [4.69, 9.17) is 5.26 Å². The number of hydrogen-bond acceptors (Lipinski definition) is 3. The molecule has 0 bridgehead atoms. The van der Waals surface area contributed by atoms with Crippen LogP contribution in [0.25, 0.3) is 0 Å². The number of rotatable bonds is 4. The minimum atomic E-state index is 0.561. The molecular weight excluding hydrogens is 248 g/mol. The lowest BCUT2D eigenvalue weighted by Crippen LogP contribution is -2.32. The smallest absolute Gasteiger partial charge is 0.0991 e. The average Bonchev–Trinajstić information content (AvgIpc) is 3.13. The first-order valence-corrected chi connectivity index (χ1v) is 7.05. The van der Waals surface area contributed by atoms with Crippen molar-refractivity contribution in [2.45, 2.75) is 32.0 Å². The molecule has 0 aliphatic carbocycles. The molecule has 1 aliphatic heterocycles. The Hall–Kier alpha value is -2.12. The van der Waals surface area contributed by atoms with Gasteiger partial charge in [-0.1, -0.05) is 12.1 Å². The average molecular weight is 266 g/mol. The molecule has 1 aromatic carbocycles. The van der Waals surface area contributed by atoms with Crippen LogP contribution in [0.15, 0.2) is 42.7 Å². The molecule has 2 aromatic rings. The van der Waals surface area contributed by atoms with E-state index >= 15 is 0 Å². The van der Waals surface area contributed by atoms with Crippen molar-refractivity contribution in [2.75, 3.05) is 6.54 Å². The third-order valence-corrected chi connectivity index (χ3v) is 3.92. The topological polar surface area (TPSA) is 44.9 Å². The van der Waals surface area contributed by atoms with Gasteiger partial charge in [-0.2, -0.15) is 10.4 Å². The van der Waals surface area contributed by atoms with Gasteiger partial charge in [0.05, 0.1) is 18.2 Å². The molecule has 0 spiro atoms. The predicted octanol–water partition coefficient (Wildman–Crippen LogP) is 2.42. The van der Waals surface area contributed by atoms with Crippen LogP contribution in [0.3, 0.4) is 0 Å². The van der Waals surface area contributed by atoms with Crippen LogP contribution in [0.5, 0.6) is 0 Å². The summed E-state index contributed by atoms with van der Waals surface area (Å²) in [6, 6.07) is 12.6. The van der Waals surface area contributed by atoms with Crippen LogP contribution in [0, 0.1) is 11.3 Å². The van der Waals surface area contributed by atoms with Gasteiger partial charge >= 0.3 is 0 Å². The first kappa shape index (κ1) is 12.9. The molecule has 3 rings (SSSR count). The zero-order valence-corrected chi connectivity index (χ0v) is 11.4. The summed E-state index contributed by atoms with van der Waals surface area (Å²) >= 11 is 0. The highest BCUT2D eigenvalue weighted by Gasteiger charge is 2.24. The molecule has 4 nitrogen and oxygen atoms in total. The number of likely N-dealkylation sites (tertiary alicyclic amines) is 1. The third-order valence-electron chi connectivity index (χ3n) is 3.92. The lowest BCUT2D eigenvalue weighted by atomic mass is 10.1. The van der Waals surface area contributed by atoms with Gasteiger partial charge in [0.2, 0.25) is 0 Å². The molecule has 0 saturated carbocycles. The van der Waals surface area contributed by atoms with Crippen LogP contribution in [-0.4, -0.2) is 27.3 Å². The summed E-state index contributed by atoms with van der Waals surface area (Å²) in [5, 5.41) is 13.1. The molecule has 102 valence electrons. The molecule has 0 amide bonds. The summed E-state index contributed by atoms with van der Waals surface area (Å²) in [5.41, 5.74) is 2.00. The Labute approximate surface area is 119 Å². The summed E-state index contributed by atoms with van der Waals surface area (Å²) in [5.74, 6) is 0. The maximum Gasteiger partial charge on any atom is 0.0991 e. The minimum Gasteiger partial charge on any atom is -0.294 e. The van der Waals surface area contributed by atoms with E-state index in [0.717, 1.165) is 25.2 Å². The van der Waals surface area contributed by atoms with Crippen molar-refractivity contribution < 1.29 is 0 Å². The third kappa shape index (κ3) is 2.89. The largest absolute Gasteiger partial charge is 0.294 e. The van der Waals surface area contributed by atoms with Crippen molar-refractivity contribution in [2.24, 2.45) is 0 Å². The first-order chi connectivity index (χ1) is 9.85. The van der Waals surface area contributed by atoms with Crippen LogP contribution in [0.4, 0.5) is 0 Å². The maximum atomic E-state index is 8.83. The van der Waals surface area contributed by atoms with E-state index in [1.807, 2.05) is 35.3 Å². The molecule has 0 radical (unpaired) electrons. The number of nitrogens with zero attached hydrogens (tertiary/aromatic N) is 4. The fraction of sp³-hybridized carbons (Fsp3) is 0.375. The van der Waals surface area contributed by atoms with Crippen LogP contribution in [0.1, 0.15) is 24.0 Å². The number of benzene rings is 1. The Morgan fingerprint density at radius 3 is 2.85 bits per heavy atom. The van der Waals surface area contributed by atoms with Gasteiger partial charge in [0.25, 0.3) is 0 Å². The van der Waals surface area contributed by atoms with E-state index in [9.17, 15) is 0 Å². The summed E-state index contributed by atoms with van der Waals surface area (Å²) in [6.07, 6.45) is 6.34. The van der Waals surface area contributed by atoms with E-state index in [-0.39, 0.29) is 0 Å². The summed E-state index contributed by atoms with van der Waals surface area (Å²) in [4.78, 5) is 2.52. The molecule has 1 aromatic heterocycles. The van der Waals surface area contributed by atoms with E-state index in [1.54, 1.807) is 0 Å². The van der Waals surface area contributed by atoms with Crippen molar-refractivity contribution in [3.63, 3.8) is 0 Å². The Bertz CT molecular complexity index is 580. The zero-order chi connectivity index (χ0) is 13.8. The second-order valence-corrected chi connectivity index (χ2v) is 5.30. The highest BCUT2D eigenvalue weighted by molar-refractivity contribution is 5.31. The Balaban J connectivity index is 1.64. The molecule has 2 heterocycles. The van der Waals surface area contributed by atoms with Crippen LogP contribution >= 0.6 is 0 Å². The van der Waals surface area contributed by atoms with Gasteiger partial charge < -0.3 is 0 Å². The van der Waals surface area contributed by atoms with Crippen molar-refractivity contribution in [1.82, 2.24) is 14.7 Å².